The lowest BCUT2D eigenvalue weighted by Gasteiger charge is -2.35. The van der Waals surface area contributed by atoms with Gasteiger partial charge in [0.1, 0.15) is 5.75 Å². The number of hydrogen-bond donors (Lipinski definition) is 1. The standard InChI is InChI=1S/C24H20BrNO2/c1-28-21-12-10-15(13-19(21)25)23-22-17(7-4-8-20(22)27)18-11-9-14-5-2-3-6-16(14)24(18)26-23/h2-3,5-6,9-13,23,26H,4,7-8H2,1H3. The van der Waals surface area contributed by atoms with Gasteiger partial charge in [0.15, 0.2) is 5.78 Å². The highest BCUT2D eigenvalue weighted by molar-refractivity contribution is 9.10. The normalized spacial score (nSPS) is 18.5. The van der Waals surface area contributed by atoms with Gasteiger partial charge in [-0.15, -0.1) is 0 Å². The molecule has 1 atom stereocenters. The van der Waals surface area contributed by atoms with Gasteiger partial charge in [-0.3, -0.25) is 4.79 Å². The number of allylic oxidation sites excluding steroid dienone is 1. The van der Waals surface area contributed by atoms with E-state index in [-0.39, 0.29) is 11.8 Å². The summed E-state index contributed by atoms with van der Waals surface area (Å²) in [6.45, 7) is 0. The topological polar surface area (TPSA) is 38.3 Å². The molecular weight excluding hydrogens is 414 g/mol. The largest absolute Gasteiger partial charge is 0.496 e. The molecule has 0 saturated carbocycles. The summed E-state index contributed by atoms with van der Waals surface area (Å²) >= 11 is 3.59. The molecule has 0 saturated heterocycles. The Kier molecular flexibility index (Phi) is 4.24. The van der Waals surface area contributed by atoms with Crippen LogP contribution in [0.25, 0.3) is 16.3 Å². The maximum absolute atomic E-state index is 13.0. The molecule has 0 aromatic heterocycles. The minimum atomic E-state index is -0.150. The van der Waals surface area contributed by atoms with Gasteiger partial charge >= 0.3 is 0 Å². The van der Waals surface area contributed by atoms with Crippen LogP contribution in [-0.4, -0.2) is 12.9 Å². The van der Waals surface area contributed by atoms with E-state index in [1.54, 1.807) is 7.11 Å². The van der Waals surface area contributed by atoms with E-state index in [4.69, 9.17) is 4.74 Å². The lowest BCUT2D eigenvalue weighted by Crippen LogP contribution is -2.27. The van der Waals surface area contributed by atoms with Crippen LogP contribution in [0.15, 0.2) is 64.6 Å². The Morgan fingerprint density at radius 3 is 2.75 bits per heavy atom. The van der Waals surface area contributed by atoms with Crippen molar-refractivity contribution < 1.29 is 9.53 Å². The zero-order chi connectivity index (χ0) is 19.3. The number of fused-ring (bicyclic) bond motifs is 4. The minimum Gasteiger partial charge on any atom is -0.496 e. The van der Waals surface area contributed by atoms with E-state index in [1.165, 1.54) is 21.9 Å². The fourth-order valence-electron chi connectivity index (χ4n) is 4.49. The Balaban J connectivity index is 1.74. The van der Waals surface area contributed by atoms with Gasteiger partial charge < -0.3 is 10.1 Å². The highest BCUT2D eigenvalue weighted by Gasteiger charge is 2.34. The summed E-state index contributed by atoms with van der Waals surface area (Å²) < 4.78 is 6.27. The summed E-state index contributed by atoms with van der Waals surface area (Å²) in [6.07, 6.45) is 2.49. The van der Waals surface area contributed by atoms with Crippen molar-refractivity contribution in [2.75, 3.05) is 12.4 Å². The number of carbonyl (C=O) groups is 1. The van der Waals surface area contributed by atoms with E-state index in [2.05, 4.69) is 63.7 Å². The van der Waals surface area contributed by atoms with Crippen LogP contribution in [0.5, 0.6) is 5.75 Å². The molecule has 3 aromatic carbocycles. The molecule has 1 heterocycles. The quantitative estimate of drug-likeness (QED) is 0.516. The van der Waals surface area contributed by atoms with E-state index >= 15 is 0 Å². The van der Waals surface area contributed by atoms with Crippen molar-refractivity contribution >= 4 is 43.7 Å². The van der Waals surface area contributed by atoms with Gasteiger partial charge in [-0.2, -0.15) is 0 Å². The number of hydrogen-bond acceptors (Lipinski definition) is 3. The molecule has 0 amide bonds. The number of halogens is 1. The van der Waals surface area contributed by atoms with Crippen molar-refractivity contribution in [1.29, 1.82) is 0 Å². The van der Waals surface area contributed by atoms with Gasteiger partial charge in [0.05, 0.1) is 23.3 Å². The monoisotopic (exact) mass is 433 g/mol. The van der Waals surface area contributed by atoms with Crippen LogP contribution in [0.3, 0.4) is 0 Å². The second-order valence-corrected chi connectivity index (χ2v) is 8.20. The summed E-state index contributed by atoms with van der Waals surface area (Å²) in [4.78, 5) is 13.0. The highest BCUT2D eigenvalue weighted by Crippen LogP contribution is 2.48. The molecule has 1 N–H and O–H groups in total. The zero-order valence-electron chi connectivity index (χ0n) is 15.6. The average molecular weight is 434 g/mol. The van der Waals surface area contributed by atoms with Crippen LogP contribution < -0.4 is 10.1 Å². The molecule has 0 fully saturated rings. The second-order valence-electron chi connectivity index (χ2n) is 7.35. The number of benzene rings is 3. The van der Waals surface area contributed by atoms with Gasteiger partial charge in [-0.05, 0) is 57.4 Å². The molecule has 0 spiro atoms. The van der Waals surface area contributed by atoms with Crippen LogP contribution in [0.4, 0.5) is 5.69 Å². The lowest BCUT2D eigenvalue weighted by molar-refractivity contribution is -0.116. The summed E-state index contributed by atoms with van der Waals surface area (Å²) in [6, 6.07) is 18.6. The predicted octanol–water partition coefficient (Wildman–Crippen LogP) is 6.28. The Morgan fingerprint density at radius 1 is 1.07 bits per heavy atom. The maximum Gasteiger partial charge on any atom is 0.161 e. The van der Waals surface area contributed by atoms with Crippen molar-refractivity contribution in [2.45, 2.75) is 25.3 Å². The first-order valence-corrected chi connectivity index (χ1v) is 10.3. The molecule has 140 valence electrons. The SMILES string of the molecule is COc1ccc(C2Nc3c(ccc4ccccc34)C3=C2C(=O)CCC3)cc1Br. The van der Waals surface area contributed by atoms with Crippen LogP contribution in [-0.2, 0) is 4.79 Å². The van der Waals surface area contributed by atoms with Crippen LogP contribution >= 0.6 is 15.9 Å². The van der Waals surface area contributed by atoms with Crippen molar-refractivity contribution in [2.24, 2.45) is 0 Å². The molecule has 1 aliphatic heterocycles. The van der Waals surface area contributed by atoms with E-state index in [1.807, 2.05) is 12.1 Å². The summed E-state index contributed by atoms with van der Waals surface area (Å²) in [5.41, 5.74) is 5.49. The lowest BCUT2D eigenvalue weighted by atomic mass is 9.77. The van der Waals surface area contributed by atoms with Crippen LogP contribution in [0, 0.1) is 0 Å². The Bertz CT molecular complexity index is 1150. The fourth-order valence-corrected chi connectivity index (χ4v) is 5.04. The van der Waals surface area contributed by atoms with Gasteiger partial charge in [-0.25, -0.2) is 0 Å². The molecule has 1 aliphatic carbocycles. The van der Waals surface area contributed by atoms with Crippen LogP contribution in [0.1, 0.15) is 36.4 Å². The van der Waals surface area contributed by atoms with Gasteiger partial charge in [-0.1, -0.05) is 42.5 Å². The first-order chi connectivity index (χ1) is 13.7. The molecule has 0 bridgehead atoms. The number of methoxy groups -OCH3 is 1. The number of Topliss-reactive ketones (excluding diaryl/α,β-unsaturated/α-hetero) is 1. The summed E-state index contributed by atoms with van der Waals surface area (Å²) in [7, 11) is 1.66. The summed E-state index contributed by atoms with van der Waals surface area (Å²) in [5, 5.41) is 6.11. The molecular formula is C24H20BrNO2. The van der Waals surface area contributed by atoms with Crippen molar-refractivity contribution in [3.63, 3.8) is 0 Å². The Labute approximate surface area is 172 Å². The molecule has 3 nitrogen and oxygen atoms in total. The molecule has 4 heteroatoms. The number of rotatable bonds is 2. The number of ketones is 1. The summed E-state index contributed by atoms with van der Waals surface area (Å²) in [5.74, 6) is 1.04. The second kappa shape index (κ2) is 6.78. The third-order valence-electron chi connectivity index (χ3n) is 5.80. The van der Waals surface area contributed by atoms with Crippen molar-refractivity contribution in [3.05, 3.63) is 75.8 Å². The third-order valence-corrected chi connectivity index (χ3v) is 6.42. The molecule has 5 rings (SSSR count). The third kappa shape index (κ3) is 2.67. The van der Waals surface area contributed by atoms with E-state index < -0.39 is 0 Å². The number of ether oxygens (including phenoxy) is 1. The molecule has 1 unspecified atom stereocenters. The van der Waals surface area contributed by atoms with Crippen molar-refractivity contribution in [1.82, 2.24) is 0 Å². The molecule has 28 heavy (non-hydrogen) atoms. The maximum atomic E-state index is 13.0. The molecule has 0 radical (unpaired) electrons. The smallest absolute Gasteiger partial charge is 0.161 e. The first kappa shape index (κ1) is 17.5. The molecule has 3 aromatic rings. The van der Waals surface area contributed by atoms with Crippen LogP contribution in [0.2, 0.25) is 0 Å². The number of nitrogens with one attached hydrogen (secondary N) is 1. The predicted molar refractivity (Wildman–Crippen MR) is 117 cm³/mol. The Hall–Kier alpha value is -2.59. The Morgan fingerprint density at radius 2 is 1.93 bits per heavy atom. The van der Waals surface area contributed by atoms with Gasteiger partial charge in [0.25, 0.3) is 0 Å². The fraction of sp³-hybridized carbons (Fsp3) is 0.208. The zero-order valence-corrected chi connectivity index (χ0v) is 17.2. The van der Waals surface area contributed by atoms with E-state index in [0.717, 1.165) is 39.9 Å². The van der Waals surface area contributed by atoms with E-state index in [9.17, 15) is 4.79 Å². The van der Waals surface area contributed by atoms with E-state index in [0.29, 0.717) is 6.42 Å². The van der Waals surface area contributed by atoms with Crippen molar-refractivity contribution in [3.8, 4) is 5.75 Å². The first-order valence-electron chi connectivity index (χ1n) is 9.55. The van der Waals surface area contributed by atoms with Gasteiger partial charge in [0, 0.05) is 22.9 Å². The van der Waals surface area contributed by atoms with Gasteiger partial charge in [0.2, 0.25) is 0 Å². The number of carbonyl (C=O) groups excluding carboxylic acids is 1. The average Bonchev–Trinajstić information content (AvgIpc) is 2.73. The molecule has 2 aliphatic rings. The number of anilines is 1. The minimum absolute atomic E-state index is 0.150. The highest BCUT2D eigenvalue weighted by atomic mass is 79.9.